The molecule has 1 N–H and O–H groups in total. The second-order valence-electron chi connectivity index (χ2n) is 7.32. The molecule has 2 rings (SSSR count). The minimum Gasteiger partial charge on any atom is -0.379 e. The minimum absolute atomic E-state index is 0.0465. The summed E-state index contributed by atoms with van der Waals surface area (Å²) in [6.07, 6.45) is 1.14. The highest BCUT2D eigenvalue weighted by Gasteiger charge is 2.32. The van der Waals surface area contributed by atoms with Crippen LogP contribution >= 0.6 is 0 Å². The molecule has 6 nitrogen and oxygen atoms in total. The molecule has 23 heavy (non-hydrogen) atoms. The number of hydrogen-bond donors (Lipinski definition) is 1. The van der Waals surface area contributed by atoms with Crippen molar-refractivity contribution in [2.24, 2.45) is 11.8 Å². The number of nitrogens with zero attached hydrogens (tertiary/aromatic N) is 3. The van der Waals surface area contributed by atoms with Crippen molar-refractivity contribution in [2.75, 3.05) is 52.5 Å². The summed E-state index contributed by atoms with van der Waals surface area (Å²) >= 11 is 0. The molecular formula is C17H30N4O2. The van der Waals surface area contributed by atoms with Gasteiger partial charge in [0, 0.05) is 26.2 Å². The van der Waals surface area contributed by atoms with E-state index in [0.717, 1.165) is 52.4 Å². The van der Waals surface area contributed by atoms with E-state index in [1.807, 2.05) is 13.8 Å². The van der Waals surface area contributed by atoms with Gasteiger partial charge >= 0.3 is 0 Å². The van der Waals surface area contributed by atoms with Gasteiger partial charge in [0.15, 0.2) is 0 Å². The van der Waals surface area contributed by atoms with Crippen LogP contribution in [0.25, 0.3) is 0 Å². The smallest absolute Gasteiger partial charge is 0.235 e. The molecule has 0 aromatic heterocycles. The number of morpholine rings is 1. The molecule has 0 unspecified atom stereocenters. The average molecular weight is 322 g/mol. The van der Waals surface area contributed by atoms with Gasteiger partial charge in [0.1, 0.15) is 5.54 Å². The van der Waals surface area contributed by atoms with Crippen LogP contribution in [0.4, 0.5) is 0 Å². The molecule has 2 heterocycles. The minimum atomic E-state index is -0.788. The fourth-order valence-electron chi connectivity index (χ4n) is 3.19. The average Bonchev–Trinajstić information content (AvgIpc) is 2.94. The Labute approximate surface area is 139 Å². The maximum absolute atomic E-state index is 12.2. The molecule has 2 aliphatic rings. The Morgan fingerprint density at radius 3 is 2.65 bits per heavy atom. The van der Waals surface area contributed by atoms with Crippen molar-refractivity contribution in [2.45, 2.75) is 32.7 Å². The normalized spacial score (nSPS) is 26.0. The number of amides is 1. The van der Waals surface area contributed by atoms with Gasteiger partial charge in [0.25, 0.3) is 0 Å². The Kier molecular flexibility index (Phi) is 6.40. The summed E-state index contributed by atoms with van der Waals surface area (Å²) in [7, 11) is 0. The number of rotatable bonds is 6. The monoisotopic (exact) mass is 322 g/mol. The molecule has 1 amide bonds. The Morgan fingerprint density at radius 1 is 1.35 bits per heavy atom. The summed E-state index contributed by atoms with van der Waals surface area (Å²) in [4.78, 5) is 16.9. The van der Waals surface area contributed by atoms with Crippen LogP contribution in [-0.2, 0) is 9.53 Å². The summed E-state index contributed by atoms with van der Waals surface area (Å²) in [5.74, 6) is 0.673. The molecule has 2 aliphatic heterocycles. The molecule has 6 heteroatoms. The van der Waals surface area contributed by atoms with Crippen molar-refractivity contribution >= 4 is 5.91 Å². The molecule has 0 aliphatic carbocycles. The SMILES string of the molecule is CC(C)[C@@](C)(C#N)NC(=O)CN1CC[C@@H](CN2CCOCC2)C1. The number of hydrogen-bond acceptors (Lipinski definition) is 5. The van der Waals surface area contributed by atoms with E-state index in [2.05, 4.69) is 21.2 Å². The van der Waals surface area contributed by atoms with Gasteiger partial charge in [-0.05, 0) is 31.7 Å². The molecule has 0 aromatic rings. The Balaban J connectivity index is 1.74. The van der Waals surface area contributed by atoms with Gasteiger partial charge < -0.3 is 10.1 Å². The zero-order valence-corrected chi connectivity index (χ0v) is 14.7. The summed E-state index contributed by atoms with van der Waals surface area (Å²) < 4.78 is 5.38. The largest absolute Gasteiger partial charge is 0.379 e. The van der Waals surface area contributed by atoms with Gasteiger partial charge in [-0.2, -0.15) is 5.26 Å². The molecule has 0 bridgehead atoms. The summed E-state index contributed by atoms with van der Waals surface area (Å²) in [6.45, 7) is 12.8. The molecule has 2 atom stereocenters. The third-order valence-corrected chi connectivity index (χ3v) is 5.14. The Bertz CT molecular complexity index is 442. The summed E-state index contributed by atoms with van der Waals surface area (Å²) in [5, 5.41) is 12.2. The molecule has 0 aromatic carbocycles. The zero-order chi connectivity index (χ0) is 16.9. The van der Waals surface area contributed by atoms with Gasteiger partial charge in [-0.3, -0.25) is 14.6 Å². The van der Waals surface area contributed by atoms with E-state index < -0.39 is 5.54 Å². The second-order valence-corrected chi connectivity index (χ2v) is 7.32. The van der Waals surface area contributed by atoms with Crippen LogP contribution in [0.15, 0.2) is 0 Å². The van der Waals surface area contributed by atoms with Crippen LogP contribution < -0.4 is 5.32 Å². The lowest BCUT2D eigenvalue weighted by molar-refractivity contribution is -0.123. The van der Waals surface area contributed by atoms with E-state index in [9.17, 15) is 10.1 Å². The van der Waals surface area contributed by atoms with Gasteiger partial charge in [0.2, 0.25) is 5.91 Å². The predicted molar refractivity (Wildman–Crippen MR) is 88.8 cm³/mol. The standard InChI is InChI=1S/C17H30N4O2/c1-14(2)17(3,13-18)19-16(22)12-21-5-4-15(11-21)10-20-6-8-23-9-7-20/h14-15H,4-12H2,1-3H3,(H,19,22)/t15-,17+/m0/s1. The third kappa shape index (κ3) is 5.17. The summed E-state index contributed by atoms with van der Waals surface area (Å²) in [5.41, 5.74) is -0.788. The highest BCUT2D eigenvalue weighted by Crippen LogP contribution is 2.19. The van der Waals surface area contributed by atoms with Crippen molar-refractivity contribution in [3.63, 3.8) is 0 Å². The molecule has 130 valence electrons. The van der Waals surface area contributed by atoms with E-state index in [0.29, 0.717) is 12.5 Å². The zero-order valence-electron chi connectivity index (χ0n) is 14.7. The lowest BCUT2D eigenvalue weighted by atomic mass is 9.90. The number of nitriles is 1. The quantitative estimate of drug-likeness (QED) is 0.779. The number of ether oxygens (including phenoxy) is 1. The highest BCUT2D eigenvalue weighted by atomic mass is 16.5. The van der Waals surface area contributed by atoms with Crippen molar-refractivity contribution in [1.82, 2.24) is 15.1 Å². The van der Waals surface area contributed by atoms with Crippen LogP contribution in [0.1, 0.15) is 27.2 Å². The maximum Gasteiger partial charge on any atom is 0.235 e. The first-order valence-electron chi connectivity index (χ1n) is 8.67. The lowest BCUT2D eigenvalue weighted by Crippen LogP contribution is -2.51. The molecule has 0 spiro atoms. The van der Waals surface area contributed by atoms with Gasteiger partial charge in [-0.25, -0.2) is 0 Å². The number of likely N-dealkylation sites (tertiary alicyclic amines) is 1. The third-order valence-electron chi connectivity index (χ3n) is 5.14. The van der Waals surface area contributed by atoms with E-state index in [4.69, 9.17) is 4.74 Å². The van der Waals surface area contributed by atoms with Crippen molar-refractivity contribution in [3.8, 4) is 6.07 Å². The molecule has 0 radical (unpaired) electrons. The van der Waals surface area contributed by atoms with Crippen molar-refractivity contribution in [1.29, 1.82) is 5.26 Å². The predicted octanol–water partition coefficient (Wildman–Crippen LogP) is 0.695. The van der Waals surface area contributed by atoms with Gasteiger partial charge in [-0.1, -0.05) is 13.8 Å². The van der Waals surface area contributed by atoms with E-state index in [1.54, 1.807) is 6.92 Å². The lowest BCUT2D eigenvalue weighted by Gasteiger charge is -2.29. The van der Waals surface area contributed by atoms with Crippen LogP contribution in [0.5, 0.6) is 0 Å². The highest BCUT2D eigenvalue weighted by molar-refractivity contribution is 5.79. The van der Waals surface area contributed by atoms with Gasteiger partial charge in [-0.15, -0.1) is 0 Å². The topological polar surface area (TPSA) is 68.6 Å². The van der Waals surface area contributed by atoms with Gasteiger partial charge in [0.05, 0.1) is 25.8 Å². The number of carbonyl (C=O) groups excluding carboxylic acids is 1. The molecular weight excluding hydrogens is 292 g/mol. The van der Waals surface area contributed by atoms with E-state index in [1.165, 1.54) is 0 Å². The van der Waals surface area contributed by atoms with Crippen LogP contribution in [0.2, 0.25) is 0 Å². The first-order chi connectivity index (χ1) is 10.9. The van der Waals surface area contributed by atoms with Crippen LogP contribution in [0, 0.1) is 23.2 Å². The van der Waals surface area contributed by atoms with Crippen molar-refractivity contribution < 1.29 is 9.53 Å². The first-order valence-corrected chi connectivity index (χ1v) is 8.67. The molecule has 2 saturated heterocycles. The van der Waals surface area contributed by atoms with E-state index >= 15 is 0 Å². The molecule has 2 fully saturated rings. The number of carbonyl (C=O) groups is 1. The Hall–Kier alpha value is -1.16. The second kappa shape index (κ2) is 8.09. The maximum atomic E-state index is 12.2. The first kappa shape index (κ1) is 18.2. The summed E-state index contributed by atoms with van der Waals surface area (Å²) in [6, 6.07) is 2.23. The Morgan fingerprint density at radius 2 is 2.04 bits per heavy atom. The number of nitrogens with one attached hydrogen (secondary N) is 1. The molecule has 0 saturated carbocycles. The fraction of sp³-hybridized carbons (Fsp3) is 0.882. The van der Waals surface area contributed by atoms with Crippen LogP contribution in [0.3, 0.4) is 0 Å². The fourth-order valence-corrected chi connectivity index (χ4v) is 3.19. The van der Waals surface area contributed by atoms with Crippen LogP contribution in [-0.4, -0.2) is 73.7 Å². The van der Waals surface area contributed by atoms with E-state index in [-0.39, 0.29) is 11.8 Å². The van der Waals surface area contributed by atoms with Crippen molar-refractivity contribution in [3.05, 3.63) is 0 Å².